The molecule has 2 aromatic carbocycles. The van der Waals surface area contributed by atoms with Crippen molar-refractivity contribution in [3.8, 4) is 11.1 Å². The van der Waals surface area contributed by atoms with Crippen LogP contribution in [0.15, 0.2) is 36.4 Å². The molecular formula is C23H29F3Si. The van der Waals surface area contributed by atoms with E-state index in [2.05, 4.69) is 12.1 Å². The summed E-state index contributed by atoms with van der Waals surface area (Å²) in [5.41, 5.74) is 2.86. The minimum absolute atomic E-state index is 0.0704. The van der Waals surface area contributed by atoms with E-state index < -0.39 is 20.4 Å². The van der Waals surface area contributed by atoms with Crippen molar-refractivity contribution < 1.29 is 13.2 Å². The zero-order valence-electron chi connectivity index (χ0n) is 16.1. The molecule has 0 bridgehead atoms. The SMILES string of the molecule is Cc1c(F)cc(-c2ccc(C3CC[SiH](CCCCCF)CC3)cc2)cc1F. The summed E-state index contributed by atoms with van der Waals surface area (Å²) < 4.78 is 39.8. The Morgan fingerprint density at radius 1 is 0.889 bits per heavy atom. The molecule has 0 radical (unpaired) electrons. The molecule has 1 fully saturated rings. The summed E-state index contributed by atoms with van der Waals surface area (Å²) in [5.74, 6) is -0.382. The van der Waals surface area contributed by atoms with Gasteiger partial charge in [-0.3, -0.25) is 4.39 Å². The third-order valence-electron chi connectivity index (χ3n) is 6.09. The Morgan fingerprint density at radius 2 is 1.52 bits per heavy atom. The topological polar surface area (TPSA) is 0 Å². The average molecular weight is 391 g/mol. The highest BCUT2D eigenvalue weighted by molar-refractivity contribution is 6.59. The Kier molecular flexibility index (Phi) is 7.17. The van der Waals surface area contributed by atoms with Gasteiger partial charge in [0.25, 0.3) is 0 Å². The summed E-state index contributed by atoms with van der Waals surface area (Å²) in [5, 5.41) is 0. The van der Waals surface area contributed by atoms with Gasteiger partial charge in [0.1, 0.15) is 11.6 Å². The van der Waals surface area contributed by atoms with E-state index >= 15 is 0 Å². The molecule has 4 heteroatoms. The van der Waals surface area contributed by atoms with Gasteiger partial charge in [-0.25, -0.2) is 8.78 Å². The van der Waals surface area contributed by atoms with Crippen LogP contribution in [0.4, 0.5) is 13.2 Å². The molecule has 1 heterocycles. The summed E-state index contributed by atoms with van der Waals surface area (Å²) in [6, 6.07) is 15.2. The third kappa shape index (κ3) is 5.25. The molecule has 0 atom stereocenters. The standard InChI is InChI=1S/C23H29F3Si/c1-17-22(25)15-21(16-23(17)26)19-7-5-18(6-8-19)20-9-13-27(14-10-20)12-4-2-3-11-24/h5-8,15-16,20,27H,2-4,9-14H2,1H3. The van der Waals surface area contributed by atoms with Gasteiger partial charge in [0, 0.05) is 14.4 Å². The fraction of sp³-hybridized carbons (Fsp3) is 0.478. The average Bonchev–Trinajstić information content (AvgIpc) is 2.70. The lowest BCUT2D eigenvalue weighted by molar-refractivity contribution is 0.459. The summed E-state index contributed by atoms with van der Waals surface area (Å²) in [6.07, 6.45) is 5.50. The first-order valence-corrected chi connectivity index (χ1v) is 12.7. The van der Waals surface area contributed by atoms with E-state index in [1.165, 1.54) is 62.0 Å². The summed E-state index contributed by atoms with van der Waals surface area (Å²) in [4.78, 5) is 0. The molecule has 1 saturated heterocycles. The van der Waals surface area contributed by atoms with Crippen molar-refractivity contribution in [3.05, 3.63) is 59.2 Å². The van der Waals surface area contributed by atoms with Gasteiger partial charge in [-0.2, -0.15) is 0 Å². The van der Waals surface area contributed by atoms with Crippen LogP contribution in [0.25, 0.3) is 11.1 Å². The first kappa shape index (κ1) is 20.2. The zero-order valence-corrected chi connectivity index (χ0v) is 17.3. The number of benzene rings is 2. The molecule has 0 amide bonds. The van der Waals surface area contributed by atoms with Crippen molar-refractivity contribution in [1.29, 1.82) is 0 Å². The molecule has 0 nitrogen and oxygen atoms in total. The highest BCUT2D eigenvalue weighted by Crippen LogP contribution is 2.36. The normalized spacial score (nSPS) is 20.0. The number of rotatable bonds is 7. The van der Waals surface area contributed by atoms with Gasteiger partial charge >= 0.3 is 0 Å². The van der Waals surface area contributed by atoms with Crippen LogP contribution in [0.5, 0.6) is 0 Å². The van der Waals surface area contributed by atoms with Crippen molar-refractivity contribution in [2.75, 3.05) is 6.67 Å². The number of unbranched alkanes of at least 4 members (excludes halogenated alkanes) is 2. The van der Waals surface area contributed by atoms with Gasteiger partial charge < -0.3 is 0 Å². The molecule has 3 rings (SSSR count). The van der Waals surface area contributed by atoms with Crippen molar-refractivity contribution in [2.24, 2.45) is 0 Å². The van der Waals surface area contributed by atoms with Crippen LogP contribution < -0.4 is 0 Å². The van der Waals surface area contributed by atoms with Crippen molar-refractivity contribution >= 4 is 8.80 Å². The van der Waals surface area contributed by atoms with E-state index in [-0.39, 0.29) is 12.2 Å². The van der Waals surface area contributed by atoms with Gasteiger partial charge in [-0.1, -0.05) is 55.2 Å². The van der Waals surface area contributed by atoms with Gasteiger partial charge in [0.15, 0.2) is 0 Å². The second-order valence-electron chi connectivity index (χ2n) is 7.94. The first-order valence-electron chi connectivity index (χ1n) is 10.2. The van der Waals surface area contributed by atoms with Crippen molar-refractivity contribution in [2.45, 2.75) is 63.1 Å². The molecule has 27 heavy (non-hydrogen) atoms. The van der Waals surface area contributed by atoms with E-state index in [4.69, 9.17) is 0 Å². The summed E-state index contributed by atoms with van der Waals surface area (Å²) in [7, 11) is -0.612. The fourth-order valence-corrected chi connectivity index (χ4v) is 7.73. The molecule has 1 aliphatic heterocycles. The molecule has 0 N–H and O–H groups in total. The number of alkyl halides is 1. The Labute approximate surface area is 162 Å². The maximum atomic E-state index is 13.8. The van der Waals surface area contributed by atoms with Crippen LogP contribution in [0.3, 0.4) is 0 Å². The highest BCUT2D eigenvalue weighted by atomic mass is 28.3. The maximum Gasteiger partial charge on any atom is 0.129 e. The van der Waals surface area contributed by atoms with E-state index in [0.717, 1.165) is 18.4 Å². The Balaban J connectivity index is 1.57. The largest absolute Gasteiger partial charge is 0.251 e. The minimum Gasteiger partial charge on any atom is -0.251 e. The predicted octanol–water partition coefficient (Wildman–Crippen LogP) is 7.18. The Bertz CT molecular complexity index is 711. The lowest BCUT2D eigenvalue weighted by Gasteiger charge is -2.28. The van der Waals surface area contributed by atoms with E-state index in [1.807, 2.05) is 12.1 Å². The zero-order chi connectivity index (χ0) is 19.2. The van der Waals surface area contributed by atoms with Gasteiger partial charge in [0.2, 0.25) is 0 Å². The van der Waals surface area contributed by atoms with Crippen LogP contribution in [0, 0.1) is 18.6 Å². The molecule has 0 saturated carbocycles. The molecule has 0 spiro atoms. The van der Waals surface area contributed by atoms with Gasteiger partial charge in [-0.05, 0) is 60.9 Å². The van der Waals surface area contributed by atoms with Crippen LogP contribution in [0.1, 0.15) is 49.1 Å². The van der Waals surface area contributed by atoms with Gasteiger partial charge in [-0.15, -0.1) is 0 Å². The van der Waals surface area contributed by atoms with Gasteiger partial charge in [0.05, 0.1) is 6.67 Å². The third-order valence-corrected chi connectivity index (χ3v) is 9.61. The second kappa shape index (κ2) is 9.58. The fourth-order valence-electron chi connectivity index (χ4n) is 4.25. The lowest BCUT2D eigenvalue weighted by atomic mass is 9.91. The second-order valence-corrected chi connectivity index (χ2v) is 11.4. The molecular weight excluding hydrogens is 361 g/mol. The van der Waals surface area contributed by atoms with Crippen LogP contribution >= 0.6 is 0 Å². The summed E-state index contributed by atoms with van der Waals surface area (Å²) >= 11 is 0. The predicted molar refractivity (Wildman–Crippen MR) is 110 cm³/mol. The maximum absolute atomic E-state index is 13.8. The number of hydrogen-bond donors (Lipinski definition) is 0. The van der Waals surface area contributed by atoms with Crippen molar-refractivity contribution in [1.82, 2.24) is 0 Å². The quantitative estimate of drug-likeness (QED) is 0.347. The molecule has 1 aliphatic rings. The minimum atomic E-state index is -0.612. The van der Waals surface area contributed by atoms with Crippen LogP contribution in [-0.2, 0) is 0 Å². The van der Waals surface area contributed by atoms with Crippen LogP contribution in [-0.4, -0.2) is 15.5 Å². The lowest BCUT2D eigenvalue weighted by Crippen LogP contribution is -2.20. The molecule has 2 aromatic rings. The van der Waals surface area contributed by atoms with Crippen LogP contribution in [0.2, 0.25) is 18.1 Å². The molecule has 0 unspecified atom stereocenters. The van der Waals surface area contributed by atoms with Crippen molar-refractivity contribution in [3.63, 3.8) is 0 Å². The summed E-state index contributed by atoms with van der Waals surface area (Å²) in [6.45, 7) is 1.28. The van der Waals surface area contributed by atoms with E-state index in [9.17, 15) is 13.2 Å². The molecule has 0 aliphatic carbocycles. The molecule has 146 valence electrons. The Hall–Kier alpha value is -1.55. The highest BCUT2D eigenvalue weighted by Gasteiger charge is 2.23. The first-order chi connectivity index (χ1) is 13.1. The number of halogens is 3. The monoisotopic (exact) mass is 390 g/mol. The van der Waals surface area contributed by atoms with E-state index in [0.29, 0.717) is 11.5 Å². The smallest absolute Gasteiger partial charge is 0.129 e. The van der Waals surface area contributed by atoms with E-state index in [1.54, 1.807) is 0 Å². The molecule has 0 aromatic heterocycles. The Morgan fingerprint density at radius 3 is 2.11 bits per heavy atom. The number of hydrogen-bond acceptors (Lipinski definition) is 0.